The molecule has 1 aliphatic carbocycles. The second kappa shape index (κ2) is 3.23. The summed E-state index contributed by atoms with van der Waals surface area (Å²) in [6, 6.07) is 0. The first kappa shape index (κ1) is 7.84. The Hall–Kier alpha value is -0.260. The highest BCUT2D eigenvalue weighted by Crippen LogP contribution is 2.35. The Balaban J connectivity index is 2.55. The Morgan fingerprint density at radius 3 is 2.50 bits per heavy atom. The van der Waals surface area contributed by atoms with Gasteiger partial charge in [0.05, 0.1) is 0 Å². The van der Waals surface area contributed by atoms with Gasteiger partial charge < -0.3 is 0 Å². The van der Waals surface area contributed by atoms with E-state index in [9.17, 15) is 0 Å². The molecule has 2 atom stereocenters. The number of hydrogen-bond donors (Lipinski definition) is 0. The lowest BCUT2D eigenvalue weighted by Crippen LogP contribution is -2.04. The Labute approximate surface area is 64.3 Å². The quantitative estimate of drug-likeness (QED) is 0.487. The maximum atomic E-state index is 2.38. The van der Waals surface area contributed by atoms with Crippen molar-refractivity contribution in [2.75, 3.05) is 0 Å². The van der Waals surface area contributed by atoms with E-state index in [0.29, 0.717) is 0 Å². The molecule has 0 aliphatic heterocycles. The zero-order chi connectivity index (χ0) is 7.56. The van der Waals surface area contributed by atoms with Crippen molar-refractivity contribution in [2.45, 2.75) is 40.0 Å². The summed E-state index contributed by atoms with van der Waals surface area (Å²) in [7, 11) is 0. The minimum Gasteiger partial charge on any atom is -0.0884 e. The van der Waals surface area contributed by atoms with Gasteiger partial charge in [0.2, 0.25) is 0 Å². The van der Waals surface area contributed by atoms with Crippen LogP contribution in [-0.4, -0.2) is 0 Å². The summed E-state index contributed by atoms with van der Waals surface area (Å²) in [6.45, 7) is 6.80. The molecule has 0 amide bonds. The highest BCUT2D eigenvalue weighted by Gasteiger charge is 2.23. The van der Waals surface area contributed by atoms with E-state index in [1.54, 1.807) is 5.57 Å². The average molecular weight is 138 g/mol. The van der Waals surface area contributed by atoms with Crippen LogP contribution in [0.5, 0.6) is 0 Å². The molecule has 1 rings (SSSR count). The van der Waals surface area contributed by atoms with Crippen LogP contribution in [0.25, 0.3) is 0 Å². The van der Waals surface area contributed by atoms with Crippen molar-refractivity contribution in [3.63, 3.8) is 0 Å². The zero-order valence-corrected chi connectivity index (χ0v) is 7.35. The van der Waals surface area contributed by atoms with Crippen molar-refractivity contribution in [1.82, 2.24) is 0 Å². The van der Waals surface area contributed by atoms with Crippen molar-refractivity contribution in [3.05, 3.63) is 11.6 Å². The first-order valence-electron chi connectivity index (χ1n) is 4.38. The second-order valence-corrected chi connectivity index (χ2v) is 3.55. The highest BCUT2D eigenvalue weighted by atomic mass is 14.3. The van der Waals surface area contributed by atoms with Crippen molar-refractivity contribution in [3.8, 4) is 0 Å². The summed E-state index contributed by atoms with van der Waals surface area (Å²) in [5.41, 5.74) is 1.60. The summed E-state index contributed by atoms with van der Waals surface area (Å²) < 4.78 is 0. The molecular formula is C10H18. The van der Waals surface area contributed by atoms with Gasteiger partial charge >= 0.3 is 0 Å². The fraction of sp³-hybridized carbons (Fsp3) is 0.800. The highest BCUT2D eigenvalue weighted by molar-refractivity contribution is 5.05. The molecule has 1 fully saturated rings. The lowest BCUT2D eigenvalue weighted by atomic mass is 9.91. The van der Waals surface area contributed by atoms with Gasteiger partial charge in [-0.15, -0.1) is 0 Å². The Bertz CT molecular complexity index is 133. The average Bonchev–Trinajstić information content (AvgIpc) is 2.34. The van der Waals surface area contributed by atoms with E-state index in [1.165, 1.54) is 19.3 Å². The summed E-state index contributed by atoms with van der Waals surface area (Å²) in [4.78, 5) is 0. The summed E-state index contributed by atoms with van der Waals surface area (Å²) in [6.07, 6.45) is 6.58. The van der Waals surface area contributed by atoms with Crippen LogP contribution < -0.4 is 0 Å². The molecular weight excluding hydrogens is 120 g/mol. The van der Waals surface area contributed by atoms with E-state index in [2.05, 4.69) is 26.8 Å². The molecule has 0 aromatic rings. The van der Waals surface area contributed by atoms with Gasteiger partial charge in [-0.05, 0) is 32.1 Å². The number of allylic oxidation sites excluding steroid dienone is 2. The van der Waals surface area contributed by atoms with Crippen LogP contribution in [0.15, 0.2) is 11.6 Å². The van der Waals surface area contributed by atoms with E-state index in [1.807, 2.05) is 0 Å². The molecule has 0 heterocycles. The summed E-state index contributed by atoms with van der Waals surface area (Å²) in [5, 5.41) is 0. The molecule has 1 saturated carbocycles. The topological polar surface area (TPSA) is 0 Å². The molecule has 0 aromatic carbocycles. The molecule has 0 nitrogen and oxygen atoms in total. The van der Waals surface area contributed by atoms with Gasteiger partial charge in [-0.3, -0.25) is 0 Å². The van der Waals surface area contributed by atoms with Gasteiger partial charge in [-0.2, -0.15) is 0 Å². The molecule has 2 unspecified atom stereocenters. The van der Waals surface area contributed by atoms with Gasteiger partial charge in [0.1, 0.15) is 0 Å². The molecule has 0 radical (unpaired) electrons. The standard InChI is InChI=1S/C10H18/c1-4-8(2)10-7-5-6-9(10)3/h4,9-10H,5-7H2,1-3H3. The Morgan fingerprint density at radius 2 is 2.10 bits per heavy atom. The van der Waals surface area contributed by atoms with E-state index in [4.69, 9.17) is 0 Å². The van der Waals surface area contributed by atoms with Gasteiger partial charge in [0.25, 0.3) is 0 Å². The maximum Gasteiger partial charge on any atom is -0.0180 e. The zero-order valence-electron chi connectivity index (χ0n) is 7.35. The molecule has 0 heteroatoms. The first-order chi connectivity index (χ1) is 4.75. The van der Waals surface area contributed by atoms with Crippen molar-refractivity contribution < 1.29 is 0 Å². The van der Waals surface area contributed by atoms with E-state index < -0.39 is 0 Å². The predicted molar refractivity (Wildman–Crippen MR) is 45.9 cm³/mol. The largest absolute Gasteiger partial charge is 0.0884 e. The third-order valence-electron chi connectivity index (χ3n) is 2.90. The maximum absolute atomic E-state index is 2.38. The molecule has 0 spiro atoms. The third kappa shape index (κ3) is 1.42. The number of rotatable bonds is 1. The molecule has 0 N–H and O–H groups in total. The van der Waals surface area contributed by atoms with Crippen molar-refractivity contribution in [2.24, 2.45) is 11.8 Å². The van der Waals surface area contributed by atoms with Crippen molar-refractivity contribution >= 4 is 0 Å². The molecule has 10 heavy (non-hydrogen) atoms. The fourth-order valence-electron chi connectivity index (χ4n) is 2.04. The van der Waals surface area contributed by atoms with E-state index in [-0.39, 0.29) is 0 Å². The minimum absolute atomic E-state index is 0.907. The second-order valence-electron chi connectivity index (χ2n) is 3.55. The molecule has 0 aromatic heterocycles. The van der Waals surface area contributed by atoms with Crippen molar-refractivity contribution in [1.29, 1.82) is 0 Å². The molecule has 58 valence electrons. The lowest BCUT2D eigenvalue weighted by molar-refractivity contribution is 0.479. The van der Waals surface area contributed by atoms with Crippen LogP contribution in [0.2, 0.25) is 0 Å². The third-order valence-corrected chi connectivity index (χ3v) is 2.90. The smallest absolute Gasteiger partial charge is 0.0180 e. The van der Waals surface area contributed by atoms with Gasteiger partial charge in [0.15, 0.2) is 0 Å². The van der Waals surface area contributed by atoms with Gasteiger partial charge in [-0.1, -0.05) is 31.4 Å². The monoisotopic (exact) mass is 138 g/mol. The summed E-state index contributed by atoms with van der Waals surface area (Å²) >= 11 is 0. The SMILES string of the molecule is CC=C(C)C1CCCC1C. The first-order valence-corrected chi connectivity index (χ1v) is 4.38. The van der Waals surface area contributed by atoms with Crippen LogP contribution in [0, 0.1) is 11.8 Å². The Kier molecular flexibility index (Phi) is 2.53. The lowest BCUT2D eigenvalue weighted by Gasteiger charge is -2.15. The van der Waals surface area contributed by atoms with Crippen LogP contribution in [0.1, 0.15) is 40.0 Å². The predicted octanol–water partition coefficient (Wildman–Crippen LogP) is 3.39. The van der Waals surface area contributed by atoms with E-state index in [0.717, 1.165) is 11.8 Å². The van der Waals surface area contributed by atoms with Gasteiger partial charge in [0, 0.05) is 0 Å². The molecule has 0 bridgehead atoms. The normalized spacial score (nSPS) is 34.9. The van der Waals surface area contributed by atoms with Gasteiger partial charge in [-0.25, -0.2) is 0 Å². The number of hydrogen-bond acceptors (Lipinski definition) is 0. The molecule has 1 aliphatic rings. The van der Waals surface area contributed by atoms with Crippen LogP contribution >= 0.6 is 0 Å². The van der Waals surface area contributed by atoms with Crippen LogP contribution in [0.4, 0.5) is 0 Å². The van der Waals surface area contributed by atoms with Crippen LogP contribution in [0.3, 0.4) is 0 Å². The summed E-state index contributed by atoms with van der Waals surface area (Å²) in [5.74, 6) is 1.85. The Morgan fingerprint density at radius 1 is 1.40 bits per heavy atom. The minimum atomic E-state index is 0.907. The fourth-order valence-corrected chi connectivity index (χ4v) is 2.04. The molecule has 0 saturated heterocycles. The van der Waals surface area contributed by atoms with Crippen LogP contribution in [-0.2, 0) is 0 Å². The van der Waals surface area contributed by atoms with E-state index >= 15 is 0 Å².